The van der Waals surface area contributed by atoms with Crippen LogP contribution in [0.5, 0.6) is 0 Å². The average molecular weight is 338 g/mol. The van der Waals surface area contributed by atoms with E-state index >= 15 is 0 Å². The molecule has 0 saturated carbocycles. The number of H-pyrrole nitrogens is 1. The minimum atomic E-state index is -0.194. The number of aromatic amines is 1. The highest BCUT2D eigenvalue weighted by molar-refractivity contribution is 5.85. The number of aromatic nitrogens is 5. The largest absolute Gasteiger partial charge is 0.384 e. The molecule has 128 valence electrons. The van der Waals surface area contributed by atoms with Gasteiger partial charge >= 0.3 is 0 Å². The molecular formula is C17H18N6O2. The standard InChI is InChI=1S/C17H18N6O2/c1-12-11-25-8-6-22(12)16-9-13(3-2-7-24)14-10-19-23(17(14)20-16)15-4-5-18-21-15/h4-5,9-10,12,24H,6-8,11H2,1H3,(H,18,21)/t12-/m1/s1. The Bertz CT molecular complexity index is 937. The van der Waals surface area contributed by atoms with Crippen LogP contribution in [0.3, 0.4) is 0 Å². The predicted molar refractivity (Wildman–Crippen MR) is 92.6 cm³/mol. The molecule has 3 aromatic heterocycles. The van der Waals surface area contributed by atoms with Crippen molar-refractivity contribution in [3.8, 4) is 17.7 Å². The van der Waals surface area contributed by atoms with Gasteiger partial charge in [0.1, 0.15) is 12.4 Å². The molecule has 0 amide bonds. The van der Waals surface area contributed by atoms with E-state index in [9.17, 15) is 0 Å². The highest BCUT2D eigenvalue weighted by atomic mass is 16.5. The summed E-state index contributed by atoms with van der Waals surface area (Å²) in [4.78, 5) is 7.02. The molecule has 1 aliphatic rings. The number of nitrogens with zero attached hydrogens (tertiary/aromatic N) is 5. The first kappa shape index (κ1) is 15.6. The molecule has 0 aromatic carbocycles. The summed E-state index contributed by atoms with van der Waals surface area (Å²) in [5.41, 5.74) is 1.47. The van der Waals surface area contributed by atoms with Crippen LogP contribution in [0.25, 0.3) is 16.9 Å². The smallest absolute Gasteiger partial charge is 0.177 e. The molecule has 25 heavy (non-hydrogen) atoms. The van der Waals surface area contributed by atoms with Gasteiger partial charge in [-0.1, -0.05) is 11.8 Å². The molecular weight excluding hydrogens is 320 g/mol. The van der Waals surface area contributed by atoms with E-state index in [0.29, 0.717) is 24.7 Å². The number of aliphatic hydroxyl groups is 1. The summed E-state index contributed by atoms with van der Waals surface area (Å²) in [7, 11) is 0. The van der Waals surface area contributed by atoms with Crippen molar-refractivity contribution in [2.45, 2.75) is 13.0 Å². The maximum atomic E-state index is 9.06. The summed E-state index contributed by atoms with van der Waals surface area (Å²) in [6, 6.07) is 4.00. The van der Waals surface area contributed by atoms with Crippen LogP contribution in [0.15, 0.2) is 24.5 Å². The number of anilines is 1. The van der Waals surface area contributed by atoms with Crippen molar-refractivity contribution in [2.24, 2.45) is 0 Å². The van der Waals surface area contributed by atoms with Crippen LogP contribution >= 0.6 is 0 Å². The molecule has 1 atom stereocenters. The van der Waals surface area contributed by atoms with E-state index in [-0.39, 0.29) is 12.6 Å². The number of fused-ring (bicyclic) bond motifs is 1. The molecule has 2 N–H and O–H groups in total. The first-order chi connectivity index (χ1) is 12.3. The molecule has 0 spiro atoms. The van der Waals surface area contributed by atoms with Crippen molar-refractivity contribution in [2.75, 3.05) is 31.3 Å². The van der Waals surface area contributed by atoms with Crippen molar-refractivity contribution in [3.05, 3.63) is 30.1 Å². The Balaban J connectivity index is 1.90. The minimum absolute atomic E-state index is 0.194. The van der Waals surface area contributed by atoms with Gasteiger partial charge in [-0.2, -0.15) is 14.9 Å². The van der Waals surface area contributed by atoms with Crippen molar-refractivity contribution in [1.29, 1.82) is 0 Å². The fourth-order valence-electron chi connectivity index (χ4n) is 2.98. The number of hydrogen-bond donors (Lipinski definition) is 2. The number of aliphatic hydroxyl groups excluding tert-OH is 1. The van der Waals surface area contributed by atoms with Crippen LogP contribution in [0.2, 0.25) is 0 Å². The van der Waals surface area contributed by atoms with Gasteiger partial charge < -0.3 is 14.7 Å². The molecule has 0 unspecified atom stereocenters. The van der Waals surface area contributed by atoms with Crippen LogP contribution in [0.1, 0.15) is 12.5 Å². The predicted octanol–water partition coefficient (Wildman–Crippen LogP) is 0.712. The molecule has 3 aromatic rings. The third-order valence-corrected chi connectivity index (χ3v) is 4.19. The first-order valence-electron chi connectivity index (χ1n) is 8.11. The van der Waals surface area contributed by atoms with E-state index in [0.717, 1.165) is 23.3 Å². The van der Waals surface area contributed by atoms with Crippen molar-refractivity contribution in [3.63, 3.8) is 0 Å². The van der Waals surface area contributed by atoms with Crippen LogP contribution < -0.4 is 4.90 Å². The zero-order valence-electron chi connectivity index (χ0n) is 13.8. The minimum Gasteiger partial charge on any atom is -0.384 e. The van der Waals surface area contributed by atoms with Gasteiger partial charge in [-0.3, -0.25) is 5.10 Å². The maximum Gasteiger partial charge on any atom is 0.177 e. The number of pyridine rings is 1. The number of rotatable bonds is 2. The zero-order valence-corrected chi connectivity index (χ0v) is 13.8. The Morgan fingerprint density at radius 2 is 2.36 bits per heavy atom. The molecule has 4 heterocycles. The summed E-state index contributed by atoms with van der Waals surface area (Å²) < 4.78 is 7.21. The number of ether oxygens (including phenoxy) is 1. The second kappa shape index (κ2) is 6.55. The summed E-state index contributed by atoms with van der Waals surface area (Å²) in [5.74, 6) is 7.21. The molecule has 1 aliphatic heterocycles. The monoisotopic (exact) mass is 338 g/mol. The molecule has 1 saturated heterocycles. The van der Waals surface area contributed by atoms with Crippen LogP contribution in [0.4, 0.5) is 5.82 Å². The summed E-state index contributed by atoms with van der Waals surface area (Å²) in [6.07, 6.45) is 3.47. The number of nitrogens with one attached hydrogen (secondary N) is 1. The fraction of sp³-hybridized carbons (Fsp3) is 0.353. The van der Waals surface area contributed by atoms with Gasteiger partial charge in [0.15, 0.2) is 11.5 Å². The second-order valence-electron chi connectivity index (χ2n) is 5.83. The van der Waals surface area contributed by atoms with Gasteiger partial charge in [-0.15, -0.1) is 0 Å². The van der Waals surface area contributed by atoms with E-state index in [1.165, 1.54) is 0 Å². The molecule has 8 heteroatoms. The molecule has 0 bridgehead atoms. The average Bonchev–Trinajstić information content (AvgIpc) is 3.29. The van der Waals surface area contributed by atoms with Gasteiger partial charge in [0.2, 0.25) is 0 Å². The van der Waals surface area contributed by atoms with Crippen molar-refractivity contribution >= 4 is 16.9 Å². The fourth-order valence-corrected chi connectivity index (χ4v) is 2.98. The normalized spacial score (nSPS) is 17.5. The van der Waals surface area contributed by atoms with Gasteiger partial charge in [0.05, 0.1) is 30.8 Å². The lowest BCUT2D eigenvalue weighted by Crippen LogP contribution is -2.44. The topological polar surface area (TPSA) is 92.1 Å². The van der Waals surface area contributed by atoms with E-state index in [4.69, 9.17) is 14.8 Å². The molecule has 0 radical (unpaired) electrons. The van der Waals surface area contributed by atoms with Crippen LogP contribution in [-0.2, 0) is 4.74 Å². The summed E-state index contributed by atoms with van der Waals surface area (Å²) in [6.45, 7) is 4.01. The third kappa shape index (κ3) is 2.84. The van der Waals surface area contributed by atoms with Gasteiger partial charge in [0, 0.05) is 24.4 Å². The Hall–Kier alpha value is -2.89. The SMILES string of the molecule is C[C@@H]1COCCN1c1cc(C#CCO)c2cnn(-c3cc[nH]n3)c2n1. The summed E-state index contributed by atoms with van der Waals surface area (Å²) in [5, 5.41) is 21.3. The van der Waals surface area contributed by atoms with Crippen LogP contribution in [-0.4, -0.2) is 62.5 Å². The Morgan fingerprint density at radius 1 is 1.44 bits per heavy atom. The first-order valence-corrected chi connectivity index (χ1v) is 8.11. The molecule has 1 fully saturated rings. The number of morpholine rings is 1. The zero-order chi connectivity index (χ0) is 17.2. The second-order valence-corrected chi connectivity index (χ2v) is 5.83. The highest BCUT2D eigenvalue weighted by Gasteiger charge is 2.22. The Morgan fingerprint density at radius 3 is 3.12 bits per heavy atom. The van der Waals surface area contributed by atoms with Crippen LogP contribution in [0, 0.1) is 11.8 Å². The highest BCUT2D eigenvalue weighted by Crippen LogP contribution is 2.26. The van der Waals surface area contributed by atoms with E-state index < -0.39 is 0 Å². The van der Waals surface area contributed by atoms with Gasteiger partial charge in [-0.05, 0) is 13.0 Å². The molecule has 0 aliphatic carbocycles. The Kier molecular flexibility index (Phi) is 4.09. The summed E-state index contributed by atoms with van der Waals surface area (Å²) >= 11 is 0. The maximum absolute atomic E-state index is 9.06. The van der Waals surface area contributed by atoms with E-state index in [2.05, 4.69) is 39.0 Å². The van der Waals surface area contributed by atoms with Gasteiger partial charge in [0.25, 0.3) is 0 Å². The Labute approximate surface area is 144 Å². The van der Waals surface area contributed by atoms with Gasteiger partial charge in [-0.25, -0.2) is 4.98 Å². The van der Waals surface area contributed by atoms with E-state index in [1.807, 2.05) is 12.1 Å². The van der Waals surface area contributed by atoms with E-state index in [1.54, 1.807) is 17.1 Å². The third-order valence-electron chi connectivity index (χ3n) is 4.19. The lowest BCUT2D eigenvalue weighted by molar-refractivity contribution is 0.0985. The molecule has 4 rings (SSSR count). The lowest BCUT2D eigenvalue weighted by Gasteiger charge is -2.34. The quantitative estimate of drug-likeness (QED) is 0.669. The number of hydrogen-bond acceptors (Lipinski definition) is 6. The van der Waals surface area contributed by atoms with Crippen molar-refractivity contribution in [1.82, 2.24) is 25.0 Å². The lowest BCUT2D eigenvalue weighted by atomic mass is 10.1. The van der Waals surface area contributed by atoms with Crippen molar-refractivity contribution < 1.29 is 9.84 Å². The molecule has 8 nitrogen and oxygen atoms in total.